The molecule has 1 saturated heterocycles. The highest BCUT2D eigenvalue weighted by Gasteiger charge is 2.46. The van der Waals surface area contributed by atoms with Gasteiger partial charge < -0.3 is 10.6 Å². The Bertz CT molecular complexity index is 242. The average Bonchev–Trinajstić information content (AvgIpc) is 2.64. The van der Waals surface area contributed by atoms with Crippen molar-refractivity contribution in [2.45, 2.75) is 51.5 Å². The van der Waals surface area contributed by atoms with Crippen LogP contribution in [0.2, 0.25) is 0 Å². The summed E-state index contributed by atoms with van der Waals surface area (Å²) in [5.41, 5.74) is 5.71. The van der Waals surface area contributed by atoms with Crippen LogP contribution in [0.15, 0.2) is 0 Å². The normalized spacial score (nSPS) is 28.9. The van der Waals surface area contributed by atoms with Gasteiger partial charge in [-0.15, -0.1) is 0 Å². The van der Waals surface area contributed by atoms with E-state index in [1.54, 1.807) is 0 Å². The van der Waals surface area contributed by atoms with Crippen molar-refractivity contribution in [3.8, 4) is 0 Å². The summed E-state index contributed by atoms with van der Waals surface area (Å²) in [5.74, 6) is 0.393. The Kier molecular flexibility index (Phi) is 3.01. The van der Waals surface area contributed by atoms with Crippen molar-refractivity contribution in [3.05, 3.63) is 0 Å². The van der Waals surface area contributed by atoms with Crippen molar-refractivity contribution < 1.29 is 4.79 Å². The first kappa shape index (κ1) is 10.9. The van der Waals surface area contributed by atoms with Gasteiger partial charge in [0.2, 0.25) is 5.91 Å². The van der Waals surface area contributed by atoms with Gasteiger partial charge in [0, 0.05) is 24.5 Å². The molecule has 3 nitrogen and oxygen atoms in total. The maximum absolute atomic E-state index is 12.4. The van der Waals surface area contributed by atoms with E-state index in [2.05, 4.69) is 11.8 Å². The lowest BCUT2D eigenvalue weighted by molar-refractivity contribution is -0.148. The summed E-state index contributed by atoms with van der Waals surface area (Å²) in [6, 6.07) is 0.321. The van der Waals surface area contributed by atoms with Crippen LogP contribution in [0, 0.1) is 5.41 Å². The zero-order valence-electron chi connectivity index (χ0n) is 9.67. The molecule has 1 aliphatic heterocycles. The fourth-order valence-electron chi connectivity index (χ4n) is 2.97. The third-order valence-corrected chi connectivity index (χ3v) is 4.35. The highest BCUT2D eigenvalue weighted by atomic mass is 16.2. The van der Waals surface area contributed by atoms with Crippen molar-refractivity contribution in [2.24, 2.45) is 11.1 Å². The lowest BCUT2D eigenvalue weighted by Gasteiger charge is -2.43. The molecule has 2 aliphatic rings. The predicted octanol–water partition coefficient (Wildman–Crippen LogP) is 1.52. The van der Waals surface area contributed by atoms with Crippen LogP contribution in [0.1, 0.15) is 45.4 Å². The summed E-state index contributed by atoms with van der Waals surface area (Å²) in [6.45, 7) is 3.71. The molecule has 0 spiro atoms. The van der Waals surface area contributed by atoms with Crippen molar-refractivity contribution in [1.29, 1.82) is 0 Å². The summed E-state index contributed by atoms with van der Waals surface area (Å²) < 4.78 is 0. The van der Waals surface area contributed by atoms with Gasteiger partial charge >= 0.3 is 0 Å². The van der Waals surface area contributed by atoms with Gasteiger partial charge in [-0.3, -0.25) is 4.79 Å². The maximum atomic E-state index is 12.4. The average molecular weight is 210 g/mol. The van der Waals surface area contributed by atoms with Crippen molar-refractivity contribution in [2.75, 3.05) is 13.1 Å². The third-order valence-electron chi connectivity index (χ3n) is 4.35. The molecule has 1 unspecified atom stereocenters. The van der Waals surface area contributed by atoms with Crippen LogP contribution < -0.4 is 5.73 Å². The van der Waals surface area contributed by atoms with Gasteiger partial charge in [-0.05, 0) is 32.1 Å². The first-order valence-electron chi connectivity index (χ1n) is 6.24. The van der Waals surface area contributed by atoms with Crippen LogP contribution in [-0.4, -0.2) is 29.9 Å². The Labute approximate surface area is 92.0 Å². The summed E-state index contributed by atoms with van der Waals surface area (Å²) >= 11 is 0. The van der Waals surface area contributed by atoms with Crippen LogP contribution in [0.3, 0.4) is 0 Å². The van der Waals surface area contributed by atoms with E-state index in [1.807, 2.05) is 0 Å². The highest BCUT2D eigenvalue weighted by Crippen LogP contribution is 2.46. The van der Waals surface area contributed by atoms with Crippen LogP contribution in [0.4, 0.5) is 0 Å². The monoisotopic (exact) mass is 210 g/mol. The summed E-state index contributed by atoms with van der Waals surface area (Å²) in [6.07, 6.45) is 6.64. The number of carbonyl (C=O) groups excluding carboxylic acids is 1. The minimum Gasteiger partial charge on any atom is -0.338 e. The second-order valence-corrected chi connectivity index (χ2v) is 5.02. The van der Waals surface area contributed by atoms with E-state index in [0.29, 0.717) is 18.5 Å². The first-order valence-corrected chi connectivity index (χ1v) is 6.24. The molecule has 0 aromatic carbocycles. The van der Waals surface area contributed by atoms with E-state index in [1.165, 1.54) is 6.42 Å². The molecule has 0 aromatic heterocycles. The van der Waals surface area contributed by atoms with E-state index in [0.717, 1.165) is 38.6 Å². The molecule has 3 heteroatoms. The molecule has 1 atom stereocenters. The lowest BCUT2D eigenvalue weighted by atomic mass is 9.66. The largest absolute Gasteiger partial charge is 0.338 e. The molecule has 1 heterocycles. The second-order valence-electron chi connectivity index (χ2n) is 5.02. The van der Waals surface area contributed by atoms with Gasteiger partial charge in [-0.25, -0.2) is 0 Å². The number of rotatable bonds is 3. The molecule has 2 rings (SSSR count). The van der Waals surface area contributed by atoms with E-state index >= 15 is 0 Å². The molecule has 86 valence electrons. The van der Waals surface area contributed by atoms with Crippen molar-refractivity contribution >= 4 is 5.91 Å². The fraction of sp³-hybridized carbons (Fsp3) is 0.917. The van der Waals surface area contributed by atoms with Gasteiger partial charge in [-0.2, -0.15) is 0 Å². The standard InChI is InChI=1S/C12H22N2O/c1-2-12(6-4-7-12)11(15)14-8-3-5-10(14)9-13/h10H,2-9,13H2,1H3. The molecule has 1 aliphatic carbocycles. The number of hydrogen-bond acceptors (Lipinski definition) is 2. The molecular formula is C12H22N2O. The second kappa shape index (κ2) is 4.12. The van der Waals surface area contributed by atoms with Crippen LogP contribution in [-0.2, 0) is 4.79 Å². The molecule has 15 heavy (non-hydrogen) atoms. The Morgan fingerprint density at radius 1 is 1.47 bits per heavy atom. The molecule has 0 radical (unpaired) electrons. The predicted molar refractivity (Wildman–Crippen MR) is 60.4 cm³/mol. The lowest BCUT2D eigenvalue weighted by Crippen LogP contribution is -2.50. The Hall–Kier alpha value is -0.570. The minimum atomic E-state index is -0.00222. The van der Waals surface area contributed by atoms with Gasteiger partial charge in [0.05, 0.1) is 0 Å². The number of likely N-dealkylation sites (tertiary alicyclic amines) is 1. The zero-order chi connectivity index (χ0) is 10.9. The summed E-state index contributed by atoms with van der Waals surface area (Å²) in [5, 5.41) is 0. The van der Waals surface area contributed by atoms with Crippen LogP contribution in [0.5, 0.6) is 0 Å². The molecule has 1 amide bonds. The topological polar surface area (TPSA) is 46.3 Å². The third kappa shape index (κ3) is 1.67. The number of nitrogens with zero attached hydrogens (tertiary/aromatic N) is 1. The molecule has 0 aromatic rings. The highest BCUT2D eigenvalue weighted by molar-refractivity contribution is 5.84. The molecule has 1 saturated carbocycles. The summed E-state index contributed by atoms with van der Waals surface area (Å²) in [4.78, 5) is 14.5. The van der Waals surface area contributed by atoms with Crippen molar-refractivity contribution in [1.82, 2.24) is 4.90 Å². The maximum Gasteiger partial charge on any atom is 0.229 e. The van der Waals surface area contributed by atoms with Crippen LogP contribution in [0.25, 0.3) is 0 Å². The fourth-order valence-corrected chi connectivity index (χ4v) is 2.97. The summed E-state index contributed by atoms with van der Waals surface area (Å²) in [7, 11) is 0. The van der Waals surface area contributed by atoms with E-state index in [9.17, 15) is 4.79 Å². The van der Waals surface area contributed by atoms with Crippen molar-refractivity contribution in [3.63, 3.8) is 0 Å². The Morgan fingerprint density at radius 2 is 2.20 bits per heavy atom. The van der Waals surface area contributed by atoms with Gasteiger partial charge in [0.25, 0.3) is 0 Å². The van der Waals surface area contributed by atoms with E-state index < -0.39 is 0 Å². The first-order chi connectivity index (χ1) is 7.23. The number of hydrogen-bond donors (Lipinski definition) is 1. The zero-order valence-corrected chi connectivity index (χ0v) is 9.67. The SMILES string of the molecule is CCC1(C(=O)N2CCCC2CN)CCC1. The van der Waals surface area contributed by atoms with Gasteiger partial charge in [-0.1, -0.05) is 13.3 Å². The molecule has 0 bridgehead atoms. The quantitative estimate of drug-likeness (QED) is 0.767. The Balaban J connectivity index is 2.06. The number of amides is 1. The molecular weight excluding hydrogens is 188 g/mol. The minimum absolute atomic E-state index is 0.00222. The number of nitrogens with two attached hydrogens (primary N) is 1. The molecule has 2 N–H and O–H groups in total. The Morgan fingerprint density at radius 3 is 2.67 bits per heavy atom. The van der Waals surface area contributed by atoms with E-state index in [-0.39, 0.29) is 5.41 Å². The number of carbonyl (C=O) groups is 1. The van der Waals surface area contributed by atoms with Gasteiger partial charge in [0.1, 0.15) is 0 Å². The molecule has 2 fully saturated rings. The van der Waals surface area contributed by atoms with Crippen LogP contribution >= 0.6 is 0 Å². The smallest absolute Gasteiger partial charge is 0.229 e. The van der Waals surface area contributed by atoms with Gasteiger partial charge in [0.15, 0.2) is 0 Å². The van der Waals surface area contributed by atoms with E-state index in [4.69, 9.17) is 5.73 Å².